The maximum atomic E-state index is 13.0. The Labute approximate surface area is 141 Å². The molecule has 23 heavy (non-hydrogen) atoms. The zero-order chi connectivity index (χ0) is 17.2. The van der Waals surface area contributed by atoms with Crippen molar-refractivity contribution in [3.63, 3.8) is 0 Å². The third-order valence-electron chi connectivity index (χ3n) is 3.38. The number of esters is 1. The number of rotatable bonds is 4. The molecule has 1 aliphatic heterocycles. The van der Waals surface area contributed by atoms with Crippen LogP contribution in [0.15, 0.2) is 22.7 Å². The molecule has 1 heterocycles. The number of hydrogen-bond acceptors (Lipinski definition) is 5. The molecule has 2 rings (SSSR count). The van der Waals surface area contributed by atoms with E-state index < -0.39 is 39.7 Å². The Morgan fingerprint density at radius 2 is 2.13 bits per heavy atom. The normalized spacial score (nSPS) is 20.7. The predicted molar refractivity (Wildman–Crippen MR) is 84.2 cm³/mol. The van der Waals surface area contributed by atoms with Crippen LogP contribution in [0.25, 0.3) is 0 Å². The summed E-state index contributed by atoms with van der Waals surface area (Å²) in [5, 5.41) is 2.55. The summed E-state index contributed by atoms with van der Waals surface area (Å²) in [6.07, 6.45) is -0.749. The molecule has 1 fully saturated rings. The highest BCUT2D eigenvalue weighted by Gasteiger charge is 2.31. The van der Waals surface area contributed by atoms with Gasteiger partial charge in [0.1, 0.15) is 5.82 Å². The average molecular weight is 408 g/mol. The molecule has 1 aliphatic rings. The van der Waals surface area contributed by atoms with Crippen LogP contribution in [0.5, 0.6) is 0 Å². The van der Waals surface area contributed by atoms with Crippen molar-refractivity contribution < 1.29 is 27.1 Å². The molecule has 0 aliphatic carbocycles. The summed E-state index contributed by atoms with van der Waals surface area (Å²) in [5.41, 5.74) is 0.0921. The molecule has 6 nitrogen and oxygen atoms in total. The molecule has 0 unspecified atom stereocenters. The summed E-state index contributed by atoms with van der Waals surface area (Å²) in [7, 11) is -3.11. The first kappa shape index (κ1) is 17.9. The first-order valence-electron chi connectivity index (χ1n) is 6.85. The van der Waals surface area contributed by atoms with Crippen molar-refractivity contribution in [3.05, 3.63) is 34.1 Å². The Kier molecular flexibility index (Phi) is 5.41. The first-order valence-corrected chi connectivity index (χ1v) is 9.46. The van der Waals surface area contributed by atoms with Crippen molar-refractivity contribution in [1.29, 1.82) is 0 Å². The lowest BCUT2D eigenvalue weighted by Gasteiger charge is -2.16. The van der Waals surface area contributed by atoms with Crippen LogP contribution in [0.3, 0.4) is 0 Å². The standard InChI is InChI=1S/C14H15BrFNO5S/c1-8(13(18)17-10-4-5-23(20,21)7-10)22-14(19)11-3-2-9(16)6-12(11)15/h2-3,6,8,10H,4-5,7H2,1H3,(H,17,18)/t8-,10+/m1/s1. The number of sulfone groups is 1. The number of carbonyl (C=O) groups is 2. The molecular formula is C14H15BrFNO5S. The van der Waals surface area contributed by atoms with Crippen molar-refractivity contribution in [2.75, 3.05) is 11.5 Å². The molecule has 0 saturated carbocycles. The number of ether oxygens (including phenoxy) is 1. The predicted octanol–water partition coefficient (Wildman–Crippen LogP) is 1.44. The summed E-state index contributed by atoms with van der Waals surface area (Å²) in [4.78, 5) is 23.9. The van der Waals surface area contributed by atoms with Gasteiger partial charge in [-0.05, 0) is 47.5 Å². The van der Waals surface area contributed by atoms with Gasteiger partial charge in [0.25, 0.3) is 5.91 Å². The minimum absolute atomic E-state index is 0.0364. The molecule has 0 radical (unpaired) electrons. The summed E-state index contributed by atoms with van der Waals surface area (Å²) in [5.74, 6) is -1.93. The Bertz CT molecular complexity index is 737. The van der Waals surface area contributed by atoms with Crippen LogP contribution in [0.4, 0.5) is 4.39 Å². The molecule has 9 heteroatoms. The number of amides is 1. The lowest BCUT2D eigenvalue weighted by atomic mass is 10.2. The van der Waals surface area contributed by atoms with Crippen LogP contribution < -0.4 is 5.32 Å². The average Bonchev–Trinajstić information content (AvgIpc) is 2.77. The maximum absolute atomic E-state index is 13.0. The molecule has 1 N–H and O–H groups in total. The fourth-order valence-electron chi connectivity index (χ4n) is 2.16. The maximum Gasteiger partial charge on any atom is 0.340 e. The van der Waals surface area contributed by atoms with E-state index in [0.29, 0.717) is 6.42 Å². The highest BCUT2D eigenvalue weighted by atomic mass is 79.9. The van der Waals surface area contributed by atoms with E-state index in [9.17, 15) is 22.4 Å². The van der Waals surface area contributed by atoms with Crippen molar-refractivity contribution in [3.8, 4) is 0 Å². The second-order valence-electron chi connectivity index (χ2n) is 5.28. The minimum atomic E-state index is -3.11. The molecule has 1 aromatic rings. The molecule has 0 spiro atoms. The van der Waals surface area contributed by atoms with Crippen molar-refractivity contribution in [1.82, 2.24) is 5.32 Å². The molecule has 0 aromatic heterocycles. The summed E-state index contributed by atoms with van der Waals surface area (Å²) in [6, 6.07) is 3.00. The zero-order valence-electron chi connectivity index (χ0n) is 12.2. The van der Waals surface area contributed by atoms with Gasteiger partial charge in [-0.15, -0.1) is 0 Å². The van der Waals surface area contributed by atoms with Gasteiger partial charge in [0.05, 0.1) is 17.1 Å². The van der Waals surface area contributed by atoms with Crippen molar-refractivity contribution in [2.24, 2.45) is 0 Å². The van der Waals surface area contributed by atoms with E-state index in [4.69, 9.17) is 4.74 Å². The second kappa shape index (κ2) is 6.96. The lowest BCUT2D eigenvalue weighted by Crippen LogP contribution is -2.42. The van der Waals surface area contributed by atoms with Crippen LogP contribution in [-0.4, -0.2) is 43.9 Å². The highest BCUT2D eigenvalue weighted by molar-refractivity contribution is 9.10. The summed E-state index contributed by atoms with van der Waals surface area (Å²) < 4.78 is 40.9. The third-order valence-corrected chi connectivity index (χ3v) is 5.81. The SMILES string of the molecule is C[C@@H](OC(=O)c1ccc(F)cc1Br)C(=O)N[C@H]1CCS(=O)(=O)C1. The number of nitrogens with one attached hydrogen (secondary N) is 1. The Balaban J connectivity index is 1.94. The van der Waals surface area contributed by atoms with E-state index in [2.05, 4.69) is 21.2 Å². The fourth-order valence-corrected chi connectivity index (χ4v) is 4.35. The van der Waals surface area contributed by atoms with Crippen molar-refractivity contribution >= 4 is 37.6 Å². The summed E-state index contributed by atoms with van der Waals surface area (Å²) in [6.45, 7) is 1.38. The molecular weight excluding hydrogens is 393 g/mol. The molecule has 1 amide bonds. The highest BCUT2D eigenvalue weighted by Crippen LogP contribution is 2.19. The van der Waals surface area contributed by atoms with Crippen LogP contribution in [0, 0.1) is 5.82 Å². The van der Waals surface area contributed by atoms with Gasteiger partial charge in [0, 0.05) is 10.5 Å². The summed E-state index contributed by atoms with van der Waals surface area (Å²) >= 11 is 3.05. The smallest absolute Gasteiger partial charge is 0.340 e. The second-order valence-corrected chi connectivity index (χ2v) is 8.36. The van der Waals surface area contributed by atoms with Crippen LogP contribution in [0.1, 0.15) is 23.7 Å². The van der Waals surface area contributed by atoms with Crippen LogP contribution >= 0.6 is 15.9 Å². The minimum Gasteiger partial charge on any atom is -0.449 e. The van der Waals surface area contributed by atoms with Crippen molar-refractivity contribution in [2.45, 2.75) is 25.5 Å². The van der Waals surface area contributed by atoms with Gasteiger partial charge in [0.15, 0.2) is 15.9 Å². The van der Waals surface area contributed by atoms with E-state index in [1.165, 1.54) is 13.0 Å². The molecule has 126 valence electrons. The Hall–Kier alpha value is -1.48. The molecule has 2 atom stereocenters. The largest absolute Gasteiger partial charge is 0.449 e. The van der Waals surface area contributed by atoms with Gasteiger partial charge in [-0.3, -0.25) is 4.79 Å². The van der Waals surface area contributed by atoms with Gasteiger partial charge in [0.2, 0.25) is 0 Å². The number of halogens is 2. The van der Waals surface area contributed by atoms with Gasteiger partial charge in [-0.2, -0.15) is 0 Å². The monoisotopic (exact) mass is 407 g/mol. The third kappa shape index (κ3) is 4.74. The Morgan fingerprint density at radius 1 is 1.43 bits per heavy atom. The Morgan fingerprint density at radius 3 is 2.70 bits per heavy atom. The van der Waals surface area contributed by atoms with Gasteiger partial charge in [-0.25, -0.2) is 17.6 Å². The van der Waals surface area contributed by atoms with Crippen LogP contribution in [-0.2, 0) is 19.4 Å². The number of hydrogen-bond donors (Lipinski definition) is 1. The van der Waals surface area contributed by atoms with E-state index in [1.54, 1.807) is 0 Å². The fraction of sp³-hybridized carbons (Fsp3) is 0.429. The number of carbonyl (C=O) groups excluding carboxylic acids is 2. The van der Waals surface area contributed by atoms with Crippen LogP contribution in [0.2, 0.25) is 0 Å². The molecule has 1 saturated heterocycles. The van der Waals surface area contributed by atoms with Gasteiger partial charge < -0.3 is 10.1 Å². The zero-order valence-corrected chi connectivity index (χ0v) is 14.6. The van der Waals surface area contributed by atoms with E-state index in [0.717, 1.165) is 12.1 Å². The van der Waals surface area contributed by atoms with Gasteiger partial charge >= 0.3 is 5.97 Å². The van der Waals surface area contributed by atoms with E-state index >= 15 is 0 Å². The quantitative estimate of drug-likeness (QED) is 0.762. The van der Waals surface area contributed by atoms with E-state index in [1.807, 2.05) is 0 Å². The topological polar surface area (TPSA) is 89.5 Å². The molecule has 0 bridgehead atoms. The van der Waals surface area contributed by atoms with E-state index in [-0.39, 0.29) is 21.5 Å². The van der Waals surface area contributed by atoms with Gasteiger partial charge in [-0.1, -0.05) is 0 Å². The molecule has 1 aromatic carbocycles. The number of benzene rings is 1. The lowest BCUT2D eigenvalue weighted by molar-refractivity contribution is -0.129. The first-order chi connectivity index (χ1) is 10.7.